The van der Waals surface area contributed by atoms with Crippen LogP contribution in [0.1, 0.15) is 25.8 Å². The third-order valence-electron chi connectivity index (χ3n) is 3.76. The second kappa shape index (κ2) is 7.57. The Hall–Kier alpha value is -2.54. The SMILES string of the molecule is COc1cc2cc(CCC(=O)NCC(C)(C)O)c(=O)[nH]c2cc1OC. The molecular weight excluding hydrogens is 324 g/mol. The molecular formula is C18H24N2O5. The van der Waals surface area contributed by atoms with Crippen molar-refractivity contribution in [3.63, 3.8) is 0 Å². The molecule has 25 heavy (non-hydrogen) atoms. The van der Waals surface area contributed by atoms with E-state index in [-0.39, 0.29) is 24.4 Å². The summed E-state index contributed by atoms with van der Waals surface area (Å²) in [6, 6.07) is 5.23. The second-order valence-corrected chi connectivity index (χ2v) is 6.51. The van der Waals surface area contributed by atoms with Crippen molar-refractivity contribution in [2.24, 2.45) is 0 Å². The predicted molar refractivity (Wildman–Crippen MR) is 95.3 cm³/mol. The van der Waals surface area contributed by atoms with E-state index < -0.39 is 5.60 Å². The zero-order valence-corrected chi connectivity index (χ0v) is 14.9. The van der Waals surface area contributed by atoms with E-state index in [0.717, 1.165) is 5.39 Å². The van der Waals surface area contributed by atoms with E-state index in [9.17, 15) is 14.7 Å². The van der Waals surface area contributed by atoms with E-state index >= 15 is 0 Å². The predicted octanol–water partition coefficient (Wildman–Crippen LogP) is 1.36. The van der Waals surface area contributed by atoms with E-state index in [1.54, 1.807) is 39.2 Å². The molecule has 0 radical (unpaired) electrons. The number of hydrogen-bond acceptors (Lipinski definition) is 5. The Balaban J connectivity index is 2.17. The van der Waals surface area contributed by atoms with Crippen molar-refractivity contribution in [2.75, 3.05) is 20.8 Å². The average Bonchev–Trinajstić information content (AvgIpc) is 2.56. The van der Waals surface area contributed by atoms with Gasteiger partial charge in [0.15, 0.2) is 11.5 Å². The summed E-state index contributed by atoms with van der Waals surface area (Å²) in [6.07, 6.45) is 0.468. The number of ether oxygens (including phenoxy) is 2. The summed E-state index contributed by atoms with van der Waals surface area (Å²) in [5.74, 6) is 0.884. The zero-order chi connectivity index (χ0) is 18.6. The van der Waals surface area contributed by atoms with Crippen LogP contribution in [0.3, 0.4) is 0 Å². The number of aromatic amines is 1. The van der Waals surface area contributed by atoms with Gasteiger partial charge in [-0.1, -0.05) is 0 Å². The van der Waals surface area contributed by atoms with Crippen molar-refractivity contribution in [3.05, 3.63) is 34.1 Å². The van der Waals surface area contributed by atoms with Crippen LogP contribution >= 0.6 is 0 Å². The number of rotatable bonds is 7. The van der Waals surface area contributed by atoms with Gasteiger partial charge in [0.05, 0.1) is 25.3 Å². The van der Waals surface area contributed by atoms with Gasteiger partial charge in [0, 0.05) is 30.0 Å². The number of hydrogen-bond donors (Lipinski definition) is 3. The molecule has 1 aromatic heterocycles. The highest BCUT2D eigenvalue weighted by molar-refractivity contribution is 5.83. The van der Waals surface area contributed by atoms with E-state index in [0.29, 0.717) is 29.0 Å². The van der Waals surface area contributed by atoms with Crippen LogP contribution in [0.25, 0.3) is 10.9 Å². The Morgan fingerprint density at radius 3 is 2.44 bits per heavy atom. The molecule has 1 heterocycles. The van der Waals surface area contributed by atoms with Crippen molar-refractivity contribution < 1.29 is 19.4 Å². The number of nitrogens with one attached hydrogen (secondary N) is 2. The van der Waals surface area contributed by atoms with Crippen LogP contribution < -0.4 is 20.3 Å². The van der Waals surface area contributed by atoms with Gasteiger partial charge in [-0.2, -0.15) is 0 Å². The van der Waals surface area contributed by atoms with Crippen LogP contribution in [0, 0.1) is 0 Å². The van der Waals surface area contributed by atoms with E-state index in [1.807, 2.05) is 0 Å². The first-order chi connectivity index (χ1) is 11.7. The highest BCUT2D eigenvalue weighted by Gasteiger charge is 2.14. The van der Waals surface area contributed by atoms with E-state index in [2.05, 4.69) is 10.3 Å². The second-order valence-electron chi connectivity index (χ2n) is 6.51. The number of carbonyl (C=O) groups is 1. The summed E-state index contributed by atoms with van der Waals surface area (Å²) in [4.78, 5) is 26.9. The molecule has 0 saturated carbocycles. The van der Waals surface area contributed by atoms with Crippen molar-refractivity contribution in [1.82, 2.24) is 10.3 Å². The maximum atomic E-state index is 12.2. The van der Waals surface area contributed by atoms with Gasteiger partial charge in [-0.25, -0.2) is 0 Å². The fourth-order valence-corrected chi connectivity index (χ4v) is 2.42. The molecule has 7 nitrogen and oxygen atoms in total. The van der Waals surface area contributed by atoms with Crippen LogP contribution in [-0.4, -0.2) is 42.4 Å². The minimum absolute atomic E-state index is 0.164. The fourth-order valence-electron chi connectivity index (χ4n) is 2.42. The van der Waals surface area contributed by atoms with Crippen LogP contribution in [0.2, 0.25) is 0 Å². The van der Waals surface area contributed by atoms with Gasteiger partial charge >= 0.3 is 0 Å². The molecule has 7 heteroatoms. The van der Waals surface area contributed by atoms with Crippen molar-refractivity contribution >= 4 is 16.8 Å². The van der Waals surface area contributed by atoms with Gasteiger partial charge in [-0.15, -0.1) is 0 Å². The number of pyridine rings is 1. The van der Waals surface area contributed by atoms with E-state index in [4.69, 9.17) is 9.47 Å². The maximum absolute atomic E-state index is 12.2. The number of aromatic nitrogens is 1. The first kappa shape index (κ1) is 18.8. The standard InChI is InChI=1S/C18H24N2O5/c1-18(2,23)10-19-16(21)6-5-11-7-12-8-14(24-3)15(25-4)9-13(12)20-17(11)22/h7-9,23H,5-6,10H2,1-4H3,(H,19,21)(H,20,22). The molecule has 0 bridgehead atoms. The minimum Gasteiger partial charge on any atom is -0.493 e. The molecule has 2 aromatic rings. The topological polar surface area (TPSA) is 101 Å². The van der Waals surface area contributed by atoms with Crippen molar-refractivity contribution in [3.8, 4) is 11.5 Å². The van der Waals surface area contributed by atoms with Crippen LogP contribution in [0.15, 0.2) is 23.0 Å². The summed E-state index contributed by atoms with van der Waals surface area (Å²) in [5.41, 5.74) is -0.0582. The molecule has 0 atom stereocenters. The molecule has 0 fully saturated rings. The molecule has 0 spiro atoms. The number of amides is 1. The number of aryl methyl sites for hydroxylation is 1. The lowest BCUT2D eigenvalue weighted by atomic mass is 10.1. The normalized spacial score (nSPS) is 11.4. The Morgan fingerprint density at radius 2 is 1.84 bits per heavy atom. The third-order valence-corrected chi connectivity index (χ3v) is 3.76. The Bertz CT molecular complexity index is 821. The molecule has 1 amide bonds. The monoisotopic (exact) mass is 348 g/mol. The van der Waals surface area contributed by atoms with Gasteiger partial charge in [0.1, 0.15) is 0 Å². The van der Waals surface area contributed by atoms with Crippen LogP contribution in [0.4, 0.5) is 0 Å². The number of benzene rings is 1. The fraction of sp³-hybridized carbons (Fsp3) is 0.444. The summed E-state index contributed by atoms with van der Waals surface area (Å²) >= 11 is 0. The minimum atomic E-state index is -0.967. The van der Waals surface area contributed by atoms with Gasteiger partial charge in [-0.3, -0.25) is 9.59 Å². The van der Waals surface area contributed by atoms with Crippen LogP contribution in [-0.2, 0) is 11.2 Å². The number of methoxy groups -OCH3 is 2. The molecule has 1 aromatic carbocycles. The van der Waals surface area contributed by atoms with Crippen molar-refractivity contribution in [2.45, 2.75) is 32.3 Å². The Morgan fingerprint density at radius 1 is 1.20 bits per heavy atom. The molecule has 2 rings (SSSR count). The Labute approximate surface area is 146 Å². The first-order valence-electron chi connectivity index (χ1n) is 8.00. The van der Waals surface area contributed by atoms with Gasteiger partial charge in [0.25, 0.3) is 5.56 Å². The lowest BCUT2D eigenvalue weighted by Crippen LogP contribution is -2.38. The smallest absolute Gasteiger partial charge is 0.251 e. The molecule has 0 saturated heterocycles. The molecule has 3 N–H and O–H groups in total. The average molecular weight is 348 g/mol. The maximum Gasteiger partial charge on any atom is 0.251 e. The lowest BCUT2D eigenvalue weighted by Gasteiger charge is -2.17. The molecule has 0 aliphatic rings. The summed E-state index contributed by atoms with van der Waals surface area (Å²) < 4.78 is 10.5. The molecule has 0 aliphatic carbocycles. The molecule has 0 aliphatic heterocycles. The Kier molecular flexibility index (Phi) is 5.69. The number of fused-ring (bicyclic) bond motifs is 1. The number of aliphatic hydroxyl groups is 1. The zero-order valence-electron chi connectivity index (χ0n) is 14.9. The third kappa shape index (κ3) is 4.96. The summed E-state index contributed by atoms with van der Waals surface area (Å²) in [6.45, 7) is 3.39. The first-order valence-corrected chi connectivity index (χ1v) is 8.00. The summed E-state index contributed by atoms with van der Waals surface area (Å²) in [5, 5.41) is 13.1. The van der Waals surface area contributed by atoms with Gasteiger partial charge < -0.3 is 24.9 Å². The number of H-pyrrole nitrogens is 1. The lowest BCUT2D eigenvalue weighted by molar-refractivity contribution is -0.122. The van der Waals surface area contributed by atoms with Crippen LogP contribution in [0.5, 0.6) is 11.5 Å². The highest BCUT2D eigenvalue weighted by Crippen LogP contribution is 2.31. The van der Waals surface area contributed by atoms with Crippen molar-refractivity contribution in [1.29, 1.82) is 0 Å². The summed E-state index contributed by atoms with van der Waals surface area (Å²) in [7, 11) is 3.08. The van der Waals surface area contributed by atoms with Gasteiger partial charge in [-0.05, 0) is 32.4 Å². The number of carbonyl (C=O) groups excluding carboxylic acids is 1. The van der Waals surface area contributed by atoms with E-state index in [1.165, 1.54) is 7.11 Å². The quantitative estimate of drug-likeness (QED) is 0.701. The largest absolute Gasteiger partial charge is 0.493 e. The van der Waals surface area contributed by atoms with Gasteiger partial charge in [0.2, 0.25) is 5.91 Å². The highest BCUT2D eigenvalue weighted by atomic mass is 16.5. The molecule has 136 valence electrons. The molecule has 0 unspecified atom stereocenters.